The van der Waals surface area contributed by atoms with E-state index in [1.165, 1.54) is 13.2 Å². The van der Waals surface area contributed by atoms with E-state index in [-0.39, 0.29) is 5.43 Å². The topological polar surface area (TPSA) is 63.2 Å². The second-order valence-electron chi connectivity index (χ2n) is 4.50. The highest BCUT2D eigenvalue weighted by molar-refractivity contribution is 5.78. The fourth-order valence-corrected chi connectivity index (χ4v) is 2.18. The lowest BCUT2D eigenvalue weighted by atomic mass is 10.1. The van der Waals surface area contributed by atoms with E-state index in [0.29, 0.717) is 33.6 Å². The Labute approximate surface area is 120 Å². The van der Waals surface area contributed by atoms with E-state index in [1.807, 2.05) is 12.1 Å². The van der Waals surface area contributed by atoms with E-state index in [0.717, 1.165) is 0 Å². The van der Waals surface area contributed by atoms with E-state index >= 15 is 0 Å². The van der Waals surface area contributed by atoms with Crippen LogP contribution in [0.25, 0.3) is 22.3 Å². The van der Waals surface area contributed by atoms with E-state index in [2.05, 4.69) is 0 Å². The molecule has 0 saturated heterocycles. The number of nitriles is 1. The summed E-state index contributed by atoms with van der Waals surface area (Å²) in [7, 11) is 1.50. The third-order valence-corrected chi connectivity index (χ3v) is 3.24. The first-order valence-corrected chi connectivity index (χ1v) is 6.34. The Morgan fingerprint density at radius 3 is 2.71 bits per heavy atom. The maximum atomic E-state index is 12.1. The second kappa shape index (κ2) is 5.14. The molecule has 102 valence electrons. The molecule has 0 amide bonds. The minimum Gasteiger partial charge on any atom is -0.495 e. The van der Waals surface area contributed by atoms with Crippen LogP contribution >= 0.6 is 0 Å². The Morgan fingerprint density at radius 1 is 1.14 bits per heavy atom. The zero-order valence-electron chi connectivity index (χ0n) is 11.3. The first-order chi connectivity index (χ1) is 10.2. The molecule has 0 radical (unpaired) electrons. The summed E-state index contributed by atoms with van der Waals surface area (Å²) < 4.78 is 10.9. The molecule has 0 spiro atoms. The summed E-state index contributed by atoms with van der Waals surface area (Å²) in [4.78, 5) is 12.1. The molecule has 0 N–H and O–H groups in total. The lowest BCUT2D eigenvalue weighted by Gasteiger charge is -2.06. The highest BCUT2D eigenvalue weighted by atomic mass is 16.5. The van der Waals surface area contributed by atoms with Gasteiger partial charge in [0.15, 0.2) is 5.43 Å². The van der Waals surface area contributed by atoms with Gasteiger partial charge in [-0.05, 0) is 30.3 Å². The van der Waals surface area contributed by atoms with Crippen LogP contribution in [0.5, 0.6) is 5.75 Å². The minimum atomic E-state index is -0.102. The monoisotopic (exact) mass is 277 g/mol. The predicted molar refractivity (Wildman–Crippen MR) is 79.2 cm³/mol. The van der Waals surface area contributed by atoms with Crippen molar-refractivity contribution in [2.75, 3.05) is 7.11 Å². The molecular weight excluding hydrogens is 266 g/mol. The Bertz CT molecular complexity index is 919. The van der Waals surface area contributed by atoms with Crippen molar-refractivity contribution >= 4 is 11.0 Å². The van der Waals surface area contributed by atoms with Crippen LogP contribution in [0.15, 0.2) is 57.7 Å². The van der Waals surface area contributed by atoms with Crippen LogP contribution in [0.1, 0.15) is 5.56 Å². The van der Waals surface area contributed by atoms with Crippen LogP contribution in [0, 0.1) is 11.3 Å². The largest absolute Gasteiger partial charge is 0.495 e. The predicted octanol–water partition coefficient (Wildman–Crippen LogP) is 3.34. The van der Waals surface area contributed by atoms with Crippen molar-refractivity contribution in [3.63, 3.8) is 0 Å². The standard InChI is InChI=1S/C17H11NO3/c1-20-16-8-11(6-7-12(16)10-18)17-9-14(19)13-4-2-3-5-15(13)21-17/h2-9H,1H3. The van der Waals surface area contributed by atoms with Gasteiger partial charge in [-0.3, -0.25) is 4.79 Å². The Hall–Kier alpha value is -3.06. The van der Waals surface area contributed by atoms with Crippen LogP contribution in [-0.4, -0.2) is 7.11 Å². The Morgan fingerprint density at radius 2 is 1.95 bits per heavy atom. The van der Waals surface area contributed by atoms with Gasteiger partial charge < -0.3 is 9.15 Å². The zero-order valence-corrected chi connectivity index (χ0v) is 11.3. The quantitative estimate of drug-likeness (QED) is 0.720. The summed E-state index contributed by atoms with van der Waals surface area (Å²) >= 11 is 0. The van der Waals surface area contributed by atoms with Crippen LogP contribution in [0.4, 0.5) is 0 Å². The van der Waals surface area contributed by atoms with Crippen molar-refractivity contribution in [3.05, 3.63) is 64.3 Å². The molecular formula is C17H11NO3. The summed E-state index contributed by atoms with van der Waals surface area (Å²) in [6.07, 6.45) is 0. The van der Waals surface area contributed by atoms with Crippen molar-refractivity contribution in [1.82, 2.24) is 0 Å². The molecule has 1 aromatic heterocycles. The maximum Gasteiger partial charge on any atom is 0.193 e. The van der Waals surface area contributed by atoms with Crippen LogP contribution in [0.3, 0.4) is 0 Å². The van der Waals surface area contributed by atoms with Crippen molar-refractivity contribution in [3.8, 4) is 23.1 Å². The third-order valence-electron chi connectivity index (χ3n) is 3.24. The summed E-state index contributed by atoms with van der Waals surface area (Å²) in [6.45, 7) is 0. The fourth-order valence-electron chi connectivity index (χ4n) is 2.18. The molecule has 1 heterocycles. The lowest BCUT2D eigenvalue weighted by molar-refractivity contribution is 0.413. The average Bonchev–Trinajstić information content (AvgIpc) is 2.54. The highest BCUT2D eigenvalue weighted by Gasteiger charge is 2.09. The Kier molecular flexibility index (Phi) is 3.17. The number of para-hydroxylation sites is 1. The normalized spacial score (nSPS) is 10.3. The Balaban J connectivity index is 2.21. The molecule has 4 heteroatoms. The van der Waals surface area contributed by atoms with Crippen molar-refractivity contribution < 1.29 is 9.15 Å². The number of rotatable bonds is 2. The number of nitrogens with zero attached hydrogens (tertiary/aromatic N) is 1. The van der Waals surface area contributed by atoms with Gasteiger partial charge in [-0.15, -0.1) is 0 Å². The average molecular weight is 277 g/mol. The second-order valence-corrected chi connectivity index (χ2v) is 4.50. The highest BCUT2D eigenvalue weighted by Crippen LogP contribution is 2.27. The summed E-state index contributed by atoms with van der Waals surface area (Å²) in [5, 5.41) is 9.54. The molecule has 0 fully saturated rings. The molecule has 0 bridgehead atoms. The summed E-state index contributed by atoms with van der Waals surface area (Å²) in [5.74, 6) is 0.896. The molecule has 4 nitrogen and oxygen atoms in total. The molecule has 3 rings (SSSR count). The van der Waals surface area contributed by atoms with E-state index < -0.39 is 0 Å². The summed E-state index contributed by atoms with van der Waals surface area (Å²) in [6, 6.07) is 15.6. The van der Waals surface area contributed by atoms with Crippen molar-refractivity contribution in [2.45, 2.75) is 0 Å². The molecule has 2 aromatic carbocycles. The van der Waals surface area contributed by atoms with Gasteiger partial charge >= 0.3 is 0 Å². The molecule has 0 aliphatic rings. The molecule has 0 saturated carbocycles. The van der Waals surface area contributed by atoms with Crippen LogP contribution in [-0.2, 0) is 0 Å². The van der Waals surface area contributed by atoms with Gasteiger partial charge in [-0.1, -0.05) is 12.1 Å². The third kappa shape index (κ3) is 2.26. The van der Waals surface area contributed by atoms with Gasteiger partial charge in [0, 0.05) is 11.6 Å². The van der Waals surface area contributed by atoms with Gasteiger partial charge in [-0.25, -0.2) is 0 Å². The first kappa shape index (κ1) is 12.9. The number of benzene rings is 2. The number of hydrogen-bond donors (Lipinski definition) is 0. The van der Waals surface area contributed by atoms with Crippen molar-refractivity contribution in [2.24, 2.45) is 0 Å². The lowest BCUT2D eigenvalue weighted by Crippen LogP contribution is -2.00. The van der Waals surface area contributed by atoms with Crippen molar-refractivity contribution in [1.29, 1.82) is 5.26 Å². The van der Waals surface area contributed by atoms with E-state index in [1.54, 1.807) is 36.4 Å². The smallest absolute Gasteiger partial charge is 0.193 e. The number of methoxy groups -OCH3 is 1. The van der Waals surface area contributed by atoms with E-state index in [9.17, 15) is 4.79 Å². The van der Waals surface area contributed by atoms with E-state index in [4.69, 9.17) is 14.4 Å². The maximum absolute atomic E-state index is 12.1. The molecule has 21 heavy (non-hydrogen) atoms. The van der Waals surface area contributed by atoms with Gasteiger partial charge in [-0.2, -0.15) is 5.26 Å². The molecule has 0 aliphatic carbocycles. The number of fused-ring (bicyclic) bond motifs is 1. The zero-order chi connectivity index (χ0) is 14.8. The SMILES string of the molecule is COc1cc(-c2cc(=O)c3ccccc3o2)ccc1C#N. The molecule has 3 aromatic rings. The molecule has 0 aliphatic heterocycles. The number of ether oxygens (including phenoxy) is 1. The van der Waals surface area contributed by atoms with Gasteiger partial charge in [0.1, 0.15) is 23.2 Å². The van der Waals surface area contributed by atoms with Gasteiger partial charge in [0.25, 0.3) is 0 Å². The van der Waals surface area contributed by atoms with Crippen LogP contribution < -0.4 is 10.2 Å². The first-order valence-electron chi connectivity index (χ1n) is 6.34. The minimum absolute atomic E-state index is 0.102. The van der Waals surface area contributed by atoms with Gasteiger partial charge in [0.2, 0.25) is 0 Å². The molecule has 0 atom stereocenters. The number of hydrogen-bond acceptors (Lipinski definition) is 4. The van der Waals surface area contributed by atoms with Gasteiger partial charge in [0.05, 0.1) is 18.1 Å². The molecule has 0 unspecified atom stereocenters. The summed E-state index contributed by atoms with van der Waals surface area (Å²) in [5.41, 5.74) is 1.55. The fraction of sp³-hybridized carbons (Fsp3) is 0.0588. The van der Waals surface area contributed by atoms with Crippen LogP contribution in [0.2, 0.25) is 0 Å².